The molecule has 0 radical (unpaired) electrons. The van der Waals surface area contributed by atoms with Crippen molar-refractivity contribution in [2.45, 2.75) is 6.92 Å². The van der Waals surface area contributed by atoms with Gasteiger partial charge in [0.25, 0.3) is 0 Å². The molecule has 21 heavy (non-hydrogen) atoms. The zero-order chi connectivity index (χ0) is 15.1. The van der Waals surface area contributed by atoms with E-state index in [1.807, 2.05) is 55.5 Å². The molecular weight excluding hydrogens is 334 g/mol. The van der Waals surface area contributed by atoms with E-state index in [1.54, 1.807) is 0 Å². The van der Waals surface area contributed by atoms with Crippen molar-refractivity contribution >= 4 is 27.7 Å². The summed E-state index contributed by atoms with van der Waals surface area (Å²) in [6, 6.07) is 15.0. The minimum absolute atomic E-state index is 0.180. The third-order valence-electron chi connectivity index (χ3n) is 2.79. The Labute approximate surface area is 132 Å². The molecule has 0 heterocycles. The van der Waals surface area contributed by atoms with Gasteiger partial charge in [0, 0.05) is 5.69 Å². The number of ether oxygens (including phenoxy) is 2. The number of nitrogens with one attached hydrogen (secondary N) is 1. The van der Waals surface area contributed by atoms with Gasteiger partial charge in [-0.2, -0.15) is 0 Å². The van der Waals surface area contributed by atoms with Gasteiger partial charge in [-0.05, 0) is 46.6 Å². The number of aryl methyl sites for hydroxylation is 1. The Kier molecular flexibility index (Phi) is 5.63. The van der Waals surface area contributed by atoms with Crippen LogP contribution in [0, 0.1) is 6.92 Å². The zero-order valence-corrected chi connectivity index (χ0v) is 13.2. The molecule has 0 fully saturated rings. The fraction of sp³-hybridized carbons (Fsp3) is 0.188. The van der Waals surface area contributed by atoms with E-state index in [-0.39, 0.29) is 6.61 Å². The molecule has 1 amide bonds. The predicted molar refractivity (Wildman–Crippen MR) is 85.8 cm³/mol. The highest BCUT2D eigenvalue weighted by Crippen LogP contribution is 2.23. The van der Waals surface area contributed by atoms with Crippen molar-refractivity contribution in [1.29, 1.82) is 0 Å². The Hall–Kier alpha value is -2.01. The number of para-hydroxylation sites is 2. The molecule has 0 spiro atoms. The summed E-state index contributed by atoms with van der Waals surface area (Å²) < 4.78 is 11.5. The first-order chi connectivity index (χ1) is 10.2. The number of benzene rings is 2. The third-order valence-corrected chi connectivity index (χ3v) is 3.45. The molecule has 0 bridgehead atoms. The summed E-state index contributed by atoms with van der Waals surface area (Å²) in [5, 5.41) is 2.69. The first kappa shape index (κ1) is 15.4. The summed E-state index contributed by atoms with van der Waals surface area (Å²) in [5.74, 6) is 0.723. The van der Waals surface area contributed by atoms with E-state index in [1.165, 1.54) is 0 Å². The van der Waals surface area contributed by atoms with Crippen LogP contribution in [0.1, 0.15) is 5.56 Å². The topological polar surface area (TPSA) is 47.6 Å². The zero-order valence-electron chi connectivity index (χ0n) is 11.6. The lowest BCUT2D eigenvalue weighted by Crippen LogP contribution is -2.18. The molecular formula is C16H16BrNO3. The molecule has 2 aromatic rings. The van der Waals surface area contributed by atoms with Crippen molar-refractivity contribution in [1.82, 2.24) is 0 Å². The number of carbonyl (C=O) groups is 1. The normalized spacial score (nSPS) is 10.0. The molecule has 0 atom stereocenters. The number of halogens is 1. The molecule has 2 rings (SSSR count). The molecule has 0 aliphatic rings. The molecule has 1 N–H and O–H groups in total. The van der Waals surface area contributed by atoms with Crippen molar-refractivity contribution in [3.8, 4) is 5.75 Å². The van der Waals surface area contributed by atoms with Crippen LogP contribution in [0.3, 0.4) is 0 Å². The number of amides is 1. The van der Waals surface area contributed by atoms with Gasteiger partial charge in [0.1, 0.15) is 19.0 Å². The highest BCUT2D eigenvalue weighted by atomic mass is 79.9. The van der Waals surface area contributed by atoms with Gasteiger partial charge in [0.15, 0.2) is 0 Å². The van der Waals surface area contributed by atoms with Crippen LogP contribution in [0.2, 0.25) is 0 Å². The summed E-state index contributed by atoms with van der Waals surface area (Å²) in [5.41, 5.74) is 1.73. The van der Waals surface area contributed by atoms with Gasteiger partial charge in [0.05, 0.1) is 4.47 Å². The Morgan fingerprint density at radius 3 is 2.57 bits per heavy atom. The maximum atomic E-state index is 11.6. The maximum Gasteiger partial charge on any atom is 0.411 e. The molecule has 4 nitrogen and oxygen atoms in total. The van der Waals surface area contributed by atoms with Crippen molar-refractivity contribution in [2.24, 2.45) is 0 Å². The minimum atomic E-state index is -0.486. The Morgan fingerprint density at radius 1 is 1.10 bits per heavy atom. The summed E-state index contributed by atoms with van der Waals surface area (Å²) >= 11 is 3.38. The van der Waals surface area contributed by atoms with Crippen molar-refractivity contribution < 1.29 is 14.3 Å². The van der Waals surface area contributed by atoms with E-state index >= 15 is 0 Å². The second kappa shape index (κ2) is 7.69. The molecule has 0 aliphatic carbocycles. The molecule has 0 unspecified atom stereocenters. The lowest BCUT2D eigenvalue weighted by atomic mass is 10.2. The van der Waals surface area contributed by atoms with Gasteiger partial charge in [0.2, 0.25) is 0 Å². The smallest absolute Gasteiger partial charge is 0.411 e. The van der Waals surface area contributed by atoms with Gasteiger partial charge in [-0.3, -0.25) is 5.32 Å². The SMILES string of the molecule is Cc1ccccc1NC(=O)OCCOc1ccccc1Br. The average molecular weight is 350 g/mol. The minimum Gasteiger partial charge on any atom is -0.489 e. The van der Waals surface area contributed by atoms with Gasteiger partial charge in [-0.25, -0.2) is 4.79 Å². The van der Waals surface area contributed by atoms with E-state index in [2.05, 4.69) is 21.2 Å². The molecule has 0 saturated heterocycles. The van der Waals surface area contributed by atoms with Crippen LogP contribution in [0.25, 0.3) is 0 Å². The molecule has 0 saturated carbocycles. The van der Waals surface area contributed by atoms with Crippen molar-refractivity contribution in [3.05, 3.63) is 58.6 Å². The van der Waals surface area contributed by atoms with E-state index < -0.39 is 6.09 Å². The average Bonchev–Trinajstić information content (AvgIpc) is 2.48. The van der Waals surface area contributed by atoms with Crippen LogP contribution in [0.15, 0.2) is 53.0 Å². The number of anilines is 1. The standard InChI is InChI=1S/C16H16BrNO3/c1-12-6-2-4-8-14(12)18-16(19)21-11-10-20-15-9-5-3-7-13(15)17/h2-9H,10-11H2,1H3,(H,18,19). The number of hydrogen-bond donors (Lipinski definition) is 1. The number of rotatable bonds is 5. The Balaban J connectivity index is 1.73. The second-order valence-corrected chi connectivity index (χ2v) is 5.21. The Morgan fingerprint density at radius 2 is 1.81 bits per heavy atom. The monoisotopic (exact) mass is 349 g/mol. The third kappa shape index (κ3) is 4.79. The predicted octanol–water partition coefficient (Wildman–Crippen LogP) is 4.39. The quantitative estimate of drug-likeness (QED) is 0.814. The second-order valence-electron chi connectivity index (χ2n) is 4.35. The summed E-state index contributed by atoms with van der Waals surface area (Å²) in [7, 11) is 0. The van der Waals surface area contributed by atoms with E-state index in [9.17, 15) is 4.79 Å². The van der Waals surface area contributed by atoms with Crippen LogP contribution in [-0.4, -0.2) is 19.3 Å². The summed E-state index contributed by atoms with van der Waals surface area (Å²) in [6.45, 7) is 2.40. The largest absolute Gasteiger partial charge is 0.489 e. The molecule has 2 aromatic carbocycles. The molecule has 5 heteroatoms. The van der Waals surface area contributed by atoms with E-state index in [0.29, 0.717) is 6.61 Å². The molecule has 0 aromatic heterocycles. The van der Waals surface area contributed by atoms with Crippen LogP contribution in [-0.2, 0) is 4.74 Å². The van der Waals surface area contributed by atoms with E-state index in [0.717, 1.165) is 21.5 Å². The fourth-order valence-electron chi connectivity index (χ4n) is 1.71. The van der Waals surface area contributed by atoms with Gasteiger partial charge < -0.3 is 9.47 Å². The number of hydrogen-bond acceptors (Lipinski definition) is 3. The van der Waals surface area contributed by atoms with Crippen LogP contribution in [0.5, 0.6) is 5.75 Å². The van der Waals surface area contributed by atoms with Crippen molar-refractivity contribution in [2.75, 3.05) is 18.5 Å². The van der Waals surface area contributed by atoms with E-state index in [4.69, 9.17) is 9.47 Å². The molecule has 0 aliphatic heterocycles. The van der Waals surface area contributed by atoms with Crippen LogP contribution >= 0.6 is 15.9 Å². The fourth-order valence-corrected chi connectivity index (χ4v) is 2.11. The van der Waals surface area contributed by atoms with Crippen LogP contribution in [0.4, 0.5) is 10.5 Å². The first-order valence-electron chi connectivity index (χ1n) is 6.53. The number of carbonyl (C=O) groups excluding carboxylic acids is 1. The molecule has 110 valence electrons. The van der Waals surface area contributed by atoms with Gasteiger partial charge in [-0.1, -0.05) is 30.3 Å². The first-order valence-corrected chi connectivity index (χ1v) is 7.33. The highest BCUT2D eigenvalue weighted by Gasteiger charge is 2.05. The van der Waals surface area contributed by atoms with Crippen LogP contribution < -0.4 is 10.1 Å². The van der Waals surface area contributed by atoms with Gasteiger partial charge >= 0.3 is 6.09 Å². The summed E-state index contributed by atoms with van der Waals surface area (Å²) in [4.78, 5) is 11.6. The van der Waals surface area contributed by atoms with Gasteiger partial charge in [-0.15, -0.1) is 0 Å². The highest BCUT2D eigenvalue weighted by molar-refractivity contribution is 9.10. The lowest BCUT2D eigenvalue weighted by Gasteiger charge is -2.10. The summed E-state index contributed by atoms with van der Waals surface area (Å²) in [6.07, 6.45) is -0.486. The maximum absolute atomic E-state index is 11.6. The lowest BCUT2D eigenvalue weighted by molar-refractivity contribution is 0.137. The Bertz CT molecular complexity index is 616. The van der Waals surface area contributed by atoms with Crippen molar-refractivity contribution in [3.63, 3.8) is 0 Å².